The number of rotatable bonds is 6. The molecule has 146 valence electrons. The normalized spacial score (nSPS) is 12.0. The molecule has 2 N–H and O–H groups in total. The second-order valence-corrected chi connectivity index (χ2v) is 6.94. The van der Waals surface area contributed by atoms with Crippen molar-refractivity contribution in [3.63, 3.8) is 0 Å². The summed E-state index contributed by atoms with van der Waals surface area (Å²) in [4.78, 5) is 28.1. The average Bonchev–Trinajstić information content (AvgIpc) is 3.17. The van der Waals surface area contributed by atoms with Crippen LogP contribution in [0.15, 0.2) is 77.7 Å². The summed E-state index contributed by atoms with van der Waals surface area (Å²) >= 11 is 0. The number of H-pyrrole nitrogens is 1. The SMILES string of the molecule is CC(C(=O)NCCc1c[nH]c2ccccc12)n1nc(-c2ccccc2)ccc1=O. The summed E-state index contributed by atoms with van der Waals surface area (Å²) < 4.78 is 1.24. The van der Waals surface area contributed by atoms with Crippen LogP contribution in [0.3, 0.4) is 0 Å². The fraction of sp³-hybridized carbons (Fsp3) is 0.174. The van der Waals surface area contributed by atoms with E-state index in [-0.39, 0.29) is 11.5 Å². The number of carbonyl (C=O) groups is 1. The van der Waals surface area contributed by atoms with Crippen molar-refractivity contribution in [3.8, 4) is 11.3 Å². The second kappa shape index (κ2) is 8.14. The Morgan fingerprint density at radius 3 is 2.66 bits per heavy atom. The summed E-state index contributed by atoms with van der Waals surface area (Å²) in [6.07, 6.45) is 2.67. The maximum absolute atomic E-state index is 12.6. The molecular weight excluding hydrogens is 364 g/mol. The highest BCUT2D eigenvalue weighted by atomic mass is 16.2. The average molecular weight is 386 g/mol. The minimum Gasteiger partial charge on any atom is -0.361 e. The second-order valence-electron chi connectivity index (χ2n) is 6.94. The van der Waals surface area contributed by atoms with E-state index in [1.54, 1.807) is 13.0 Å². The monoisotopic (exact) mass is 386 g/mol. The van der Waals surface area contributed by atoms with Crippen molar-refractivity contribution in [3.05, 3.63) is 88.8 Å². The zero-order valence-electron chi connectivity index (χ0n) is 16.1. The maximum atomic E-state index is 12.6. The lowest BCUT2D eigenvalue weighted by atomic mass is 10.1. The molecule has 29 heavy (non-hydrogen) atoms. The molecule has 6 nitrogen and oxygen atoms in total. The summed E-state index contributed by atoms with van der Waals surface area (Å²) in [5.74, 6) is -0.232. The van der Waals surface area contributed by atoms with Gasteiger partial charge < -0.3 is 10.3 Å². The largest absolute Gasteiger partial charge is 0.361 e. The van der Waals surface area contributed by atoms with Crippen LogP contribution in [0, 0.1) is 0 Å². The van der Waals surface area contributed by atoms with Crippen molar-refractivity contribution in [2.45, 2.75) is 19.4 Å². The topological polar surface area (TPSA) is 79.8 Å². The van der Waals surface area contributed by atoms with Crippen molar-refractivity contribution in [2.75, 3.05) is 6.54 Å². The molecule has 0 radical (unpaired) electrons. The number of aromatic amines is 1. The lowest BCUT2D eigenvalue weighted by Gasteiger charge is -2.15. The molecule has 4 aromatic rings. The number of para-hydroxylation sites is 1. The Balaban J connectivity index is 1.44. The predicted octanol–water partition coefficient (Wildman–Crippen LogP) is 3.31. The molecular formula is C23H22N4O2. The minimum absolute atomic E-state index is 0.232. The third-order valence-electron chi connectivity index (χ3n) is 5.01. The number of hydrogen-bond acceptors (Lipinski definition) is 3. The molecule has 0 aliphatic rings. The Bertz CT molecular complexity index is 1190. The first kappa shape index (κ1) is 18.7. The summed E-state index contributed by atoms with van der Waals surface area (Å²) in [5, 5.41) is 8.47. The third-order valence-corrected chi connectivity index (χ3v) is 5.01. The maximum Gasteiger partial charge on any atom is 0.267 e. The molecule has 2 aromatic heterocycles. The third kappa shape index (κ3) is 3.96. The van der Waals surface area contributed by atoms with Crippen molar-refractivity contribution in [1.82, 2.24) is 20.1 Å². The van der Waals surface area contributed by atoms with E-state index in [2.05, 4.69) is 21.5 Å². The van der Waals surface area contributed by atoms with E-state index in [1.807, 2.05) is 54.7 Å². The Hall–Kier alpha value is -3.67. The van der Waals surface area contributed by atoms with E-state index in [0.717, 1.165) is 22.0 Å². The first-order chi connectivity index (χ1) is 14.1. The van der Waals surface area contributed by atoms with Gasteiger partial charge in [0.05, 0.1) is 5.69 Å². The van der Waals surface area contributed by atoms with E-state index in [9.17, 15) is 9.59 Å². The quantitative estimate of drug-likeness (QED) is 0.534. The number of aromatic nitrogens is 3. The van der Waals surface area contributed by atoms with Crippen LogP contribution in [0.5, 0.6) is 0 Å². The van der Waals surface area contributed by atoms with Crippen molar-refractivity contribution < 1.29 is 4.79 Å². The molecule has 0 aliphatic heterocycles. The molecule has 4 rings (SSSR count). The number of benzene rings is 2. The van der Waals surface area contributed by atoms with Crippen LogP contribution in [0.25, 0.3) is 22.2 Å². The number of amides is 1. The van der Waals surface area contributed by atoms with Crippen LogP contribution in [-0.2, 0) is 11.2 Å². The highest BCUT2D eigenvalue weighted by molar-refractivity contribution is 5.83. The van der Waals surface area contributed by atoms with Gasteiger partial charge in [-0.15, -0.1) is 0 Å². The first-order valence-electron chi connectivity index (χ1n) is 9.61. The highest BCUT2D eigenvalue weighted by Crippen LogP contribution is 2.18. The van der Waals surface area contributed by atoms with Gasteiger partial charge in [-0.3, -0.25) is 9.59 Å². The Morgan fingerprint density at radius 2 is 1.83 bits per heavy atom. The van der Waals surface area contributed by atoms with Gasteiger partial charge in [-0.05, 0) is 31.0 Å². The van der Waals surface area contributed by atoms with Crippen LogP contribution >= 0.6 is 0 Å². The summed E-state index contributed by atoms with van der Waals surface area (Å²) in [5.41, 5.74) is 3.48. The summed E-state index contributed by atoms with van der Waals surface area (Å²) in [6.45, 7) is 2.17. The van der Waals surface area contributed by atoms with E-state index in [4.69, 9.17) is 0 Å². The van der Waals surface area contributed by atoms with Crippen LogP contribution in [0.2, 0.25) is 0 Å². The number of nitrogens with one attached hydrogen (secondary N) is 2. The molecule has 0 bridgehead atoms. The molecule has 6 heteroatoms. The molecule has 1 unspecified atom stereocenters. The minimum atomic E-state index is -0.700. The molecule has 0 saturated heterocycles. The summed E-state index contributed by atoms with van der Waals surface area (Å²) in [7, 11) is 0. The van der Waals surface area contributed by atoms with Gasteiger partial charge >= 0.3 is 0 Å². The van der Waals surface area contributed by atoms with Crippen molar-refractivity contribution >= 4 is 16.8 Å². The fourth-order valence-electron chi connectivity index (χ4n) is 3.38. The number of fused-ring (bicyclic) bond motifs is 1. The van der Waals surface area contributed by atoms with Gasteiger partial charge in [-0.2, -0.15) is 5.10 Å². The van der Waals surface area contributed by atoms with E-state index >= 15 is 0 Å². The van der Waals surface area contributed by atoms with Gasteiger partial charge in [0.2, 0.25) is 5.91 Å². The van der Waals surface area contributed by atoms with Crippen LogP contribution in [0.4, 0.5) is 0 Å². The van der Waals surface area contributed by atoms with E-state index in [1.165, 1.54) is 10.7 Å². The van der Waals surface area contributed by atoms with Gasteiger partial charge in [0.25, 0.3) is 5.56 Å². The lowest BCUT2D eigenvalue weighted by Crippen LogP contribution is -2.37. The van der Waals surface area contributed by atoms with Gasteiger partial charge in [0.1, 0.15) is 6.04 Å². The Kier molecular flexibility index (Phi) is 5.24. The van der Waals surface area contributed by atoms with Crippen LogP contribution < -0.4 is 10.9 Å². The molecule has 0 spiro atoms. The molecule has 1 atom stereocenters. The standard InChI is InChI=1S/C23H22N4O2/c1-16(27-22(28)12-11-20(26-27)17-7-3-2-4-8-17)23(29)24-14-13-18-15-25-21-10-6-5-9-19(18)21/h2-12,15-16,25H,13-14H2,1H3,(H,24,29). The molecule has 0 fully saturated rings. The summed E-state index contributed by atoms with van der Waals surface area (Å²) in [6, 6.07) is 20.1. The highest BCUT2D eigenvalue weighted by Gasteiger charge is 2.18. The molecule has 2 aromatic carbocycles. The first-order valence-corrected chi connectivity index (χ1v) is 9.61. The van der Waals surface area contributed by atoms with Crippen LogP contribution in [-0.4, -0.2) is 27.2 Å². The van der Waals surface area contributed by atoms with Crippen molar-refractivity contribution in [1.29, 1.82) is 0 Å². The van der Waals surface area contributed by atoms with Crippen LogP contribution in [0.1, 0.15) is 18.5 Å². The molecule has 1 amide bonds. The number of nitrogens with zero attached hydrogens (tertiary/aromatic N) is 2. The number of carbonyl (C=O) groups excluding carboxylic acids is 1. The van der Waals surface area contributed by atoms with Gasteiger partial charge in [0.15, 0.2) is 0 Å². The predicted molar refractivity (Wildman–Crippen MR) is 114 cm³/mol. The van der Waals surface area contributed by atoms with Crippen molar-refractivity contribution in [2.24, 2.45) is 0 Å². The lowest BCUT2D eigenvalue weighted by molar-refractivity contribution is -0.124. The van der Waals surface area contributed by atoms with E-state index < -0.39 is 6.04 Å². The molecule has 0 aliphatic carbocycles. The molecule has 0 saturated carbocycles. The zero-order valence-corrected chi connectivity index (χ0v) is 16.1. The fourth-order valence-corrected chi connectivity index (χ4v) is 3.38. The number of hydrogen-bond donors (Lipinski definition) is 2. The van der Waals surface area contributed by atoms with Gasteiger partial charge in [0, 0.05) is 35.3 Å². The smallest absolute Gasteiger partial charge is 0.267 e. The van der Waals surface area contributed by atoms with E-state index in [0.29, 0.717) is 18.7 Å². The Labute approximate surface area is 168 Å². The Morgan fingerprint density at radius 1 is 1.07 bits per heavy atom. The van der Waals surface area contributed by atoms with Gasteiger partial charge in [-0.1, -0.05) is 48.5 Å². The zero-order chi connectivity index (χ0) is 20.2. The molecule has 2 heterocycles. The van der Waals surface area contributed by atoms with Gasteiger partial charge in [-0.25, -0.2) is 4.68 Å².